The summed E-state index contributed by atoms with van der Waals surface area (Å²) in [5.41, 5.74) is 0.391. The van der Waals surface area contributed by atoms with Crippen molar-refractivity contribution in [1.29, 1.82) is 0 Å². The third kappa shape index (κ3) is 4.28. The first-order chi connectivity index (χ1) is 14.2. The van der Waals surface area contributed by atoms with Crippen LogP contribution in [0.15, 0.2) is 23.0 Å². The predicted molar refractivity (Wildman–Crippen MR) is 120 cm³/mol. The smallest absolute Gasteiger partial charge is 0.258 e. The molecule has 2 N–H and O–H groups in total. The number of sulfonamides is 1. The van der Waals surface area contributed by atoms with Gasteiger partial charge in [0, 0.05) is 15.1 Å². The minimum Gasteiger partial charge on any atom is -0.475 e. The second-order valence-corrected chi connectivity index (χ2v) is 10.4. The molecule has 0 atom stereocenters. The Morgan fingerprint density at radius 1 is 1.30 bits per heavy atom. The zero-order chi connectivity index (χ0) is 21.5. The molecule has 0 bridgehead atoms. The number of rotatable bonds is 7. The molecule has 1 aromatic heterocycles. The van der Waals surface area contributed by atoms with E-state index in [1.165, 1.54) is 16.7 Å². The highest BCUT2D eigenvalue weighted by Crippen LogP contribution is 2.39. The average Bonchev–Trinajstić information content (AvgIpc) is 3.12. The molecule has 2 aliphatic heterocycles. The topological polar surface area (TPSA) is 98.7 Å². The number of aromatic nitrogens is 1. The van der Waals surface area contributed by atoms with Crippen LogP contribution in [0.25, 0.3) is 0 Å². The van der Waals surface area contributed by atoms with E-state index in [1.54, 1.807) is 13.0 Å². The molecule has 162 valence electrons. The van der Waals surface area contributed by atoms with Crippen molar-refractivity contribution in [2.75, 3.05) is 35.6 Å². The number of hydrogen-bond acceptors (Lipinski definition) is 6. The maximum atomic E-state index is 14.4. The number of benzene rings is 1. The van der Waals surface area contributed by atoms with E-state index in [1.807, 2.05) is 22.6 Å². The second-order valence-electron chi connectivity index (χ2n) is 7.35. The molecule has 1 saturated heterocycles. The van der Waals surface area contributed by atoms with E-state index in [-0.39, 0.29) is 52.3 Å². The lowest BCUT2D eigenvalue weighted by Gasteiger charge is -2.26. The van der Waals surface area contributed by atoms with Crippen molar-refractivity contribution in [2.45, 2.75) is 19.9 Å². The highest BCUT2D eigenvalue weighted by atomic mass is 127. The molecule has 3 heterocycles. The summed E-state index contributed by atoms with van der Waals surface area (Å²) < 4.78 is 55.3. The van der Waals surface area contributed by atoms with Crippen LogP contribution in [-0.2, 0) is 21.3 Å². The zero-order valence-corrected chi connectivity index (χ0v) is 19.2. The summed E-state index contributed by atoms with van der Waals surface area (Å²) in [6.07, 6.45) is 0.471. The van der Waals surface area contributed by atoms with Gasteiger partial charge in [-0.25, -0.2) is 12.8 Å². The van der Waals surface area contributed by atoms with Gasteiger partial charge in [0.2, 0.25) is 15.9 Å². The van der Waals surface area contributed by atoms with E-state index in [2.05, 4.69) is 10.0 Å². The Morgan fingerprint density at radius 3 is 2.73 bits per heavy atom. The molecule has 11 heteroatoms. The maximum absolute atomic E-state index is 14.4. The number of nitrogens with one attached hydrogen (secondary N) is 2. The summed E-state index contributed by atoms with van der Waals surface area (Å²) in [5.74, 6) is -0.242. The fourth-order valence-corrected chi connectivity index (χ4v) is 5.07. The molecule has 30 heavy (non-hydrogen) atoms. The molecule has 0 saturated carbocycles. The first kappa shape index (κ1) is 21.4. The van der Waals surface area contributed by atoms with Crippen LogP contribution < -0.4 is 20.3 Å². The van der Waals surface area contributed by atoms with Crippen LogP contribution in [0.5, 0.6) is 5.88 Å². The van der Waals surface area contributed by atoms with Crippen LogP contribution >= 0.6 is 22.6 Å². The van der Waals surface area contributed by atoms with Gasteiger partial charge in [-0.2, -0.15) is 0 Å². The maximum Gasteiger partial charge on any atom is 0.258 e. The molecule has 1 fully saturated rings. The van der Waals surface area contributed by atoms with E-state index < -0.39 is 15.8 Å². The van der Waals surface area contributed by atoms with Gasteiger partial charge in [0.05, 0.1) is 36.9 Å². The number of hydrogen-bond donors (Lipinski definition) is 2. The Kier molecular flexibility index (Phi) is 5.95. The van der Waals surface area contributed by atoms with Gasteiger partial charge in [-0.3, -0.25) is 14.1 Å². The quantitative estimate of drug-likeness (QED) is 0.516. The number of nitrogens with zero attached hydrogens (tertiary/aromatic N) is 1. The van der Waals surface area contributed by atoms with E-state index in [9.17, 15) is 17.6 Å². The van der Waals surface area contributed by atoms with Gasteiger partial charge in [-0.05, 0) is 54.1 Å². The Hall–Kier alpha value is -1.86. The molecular formula is C19H21FIN3O5S. The first-order valence-electron chi connectivity index (χ1n) is 9.45. The third-order valence-electron chi connectivity index (χ3n) is 5.15. The first-order valence-corrected chi connectivity index (χ1v) is 12.2. The van der Waals surface area contributed by atoms with Crippen molar-refractivity contribution in [3.05, 3.63) is 43.5 Å². The molecule has 1 aromatic carbocycles. The summed E-state index contributed by atoms with van der Waals surface area (Å²) >= 11 is 1.99. The zero-order valence-electron chi connectivity index (χ0n) is 16.2. The lowest BCUT2D eigenvalue weighted by atomic mass is 10.1. The Morgan fingerprint density at radius 2 is 2.07 bits per heavy atom. The van der Waals surface area contributed by atoms with Crippen molar-refractivity contribution in [1.82, 2.24) is 4.57 Å². The normalized spacial score (nSPS) is 16.0. The molecule has 4 rings (SSSR count). The number of halogens is 2. The summed E-state index contributed by atoms with van der Waals surface area (Å²) in [5, 5.41) is 2.90. The highest BCUT2D eigenvalue weighted by Gasteiger charge is 2.29. The van der Waals surface area contributed by atoms with Crippen LogP contribution in [0.1, 0.15) is 12.0 Å². The van der Waals surface area contributed by atoms with E-state index in [0.29, 0.717) is 29.7 Å². The summed E-state index contributed by atoms with van der Waals surface area (Å²) in [4.78, 5) is 12.7. The van der Waals surface area contributed by atoms with Gasteiger partial charge in [0.15, 0.2) is 0 Å². The van der Waals surface area contributed by atoms with Crippen LogP contribution in [0, 0.1) is 22.2 Å². The monoisotopic (exact) mass is 549 g/mol. The minimum absolute atomic E-state index is 0.0873. The Balaban J connectivity index is 1.73. The predicted octanol–water partition coefficient (Wildman–Crippen LogP) is 2.81. The van der Waals surface area contributed by atoms with Crippen molar-refractivity contribution in [3.63, 3.8) is 0 Å². The van der Waals surface area contributed by atoms with Gasteiger partial charge < -0.3 is 14.8 Å². The molecule has 0 aliphatic carbocycles. The standard InChI is InChI=1S/C19H21FIN3O5S/c1-11-16(22-15-3-2-13(21)8-14(15)20)17(19-24(18(11)25)5-6-29-19)23-30(26,27)7-4-12-9-28-10-12/h2-3,8,12,22-23H,4-7,9-10H2,1H3. The van der Waals surface area contributed by atoms with Crippen LogP contribution in [-0.4, -0.2) is 38.6 Å². The van der Waals surface area contributed by atoms with Crippen molar-refractivity contribution < 1.29 is 22.3 Å². The fourth-order valence-electron chi connectivity index (χ4n) is 3.37. The number of fused-ring (bicyclic) bond motifs is 1. The summed E-state index contributed by atoms with van der Waals surface area (Å²) in [7, 11) is -3.72. The van der Waals surface area contributed by atoms with Crippen LogP contribution in [0.4, 0.5) is 21.5 Å². The van der Waals surface area contributed by atoms with Gasteiger partial charge in [0.25, 0.3) is 5.56 Å². The largest absolute Gasteiger partial charge is 0.475 e. The van der Waals surface area contributed by atoms with E-state index in [4.69, 9.17) is 9.47 Å². The number of ether oxygens (including phenoxy) is 2. The summed E-state index contributed by atoms with van der Waals surface area (Å²) in [6.45, 7) is 3.27. The fraction of sp³-hybridized carbons (Fsp3) is 0.421. The molecule has 0 amide bonds. The Bertz CT molecular complexity index is 1150. The van der Waals surface area contributed by atoms with E-state index >= 15 is 0 Å². The second kappa shape index (κ2) is 8.35. The Labute approximate surface area is 187 Å². The van der Waals surface area contributed by atoms with Crippen molar-refractivity contribution in [2.24, 2.45) is 5.92 Å². The average molecular weight is 549 g/mol. The number of pyridine rings is 1. The van der Waals surface area contributed by atoms with Crippen molar-refractivity contribution >= 4 is 49.7 Å². The minimum atomic E-state index is -3.72. The number of anilines is 3. The van der Waals surface area contributed by atoms with Gasteiger partial charge in [0.1, 0.15) is 18.1 Å². The molecule has 2 aromatic rings. The molecular weight excluding hydrogens is 528 g/mol. The SMILES string of the molecule is Cc1c(Nc2ccc(I)cc2F)c(NS(=O)(=O)CCC2COC2)c2n(c1=O)CCO2. The molecule has 0 unspecified atom stereocenters. The third-order valence-corrected chi connectivity index (χ3v) is 7.11. The van der Waals surface area contributed by atoms with Crippen molar-refractivity contribution in [3.8, 4) is 5.88 Å². The highest BCUT2D eigenvalue weighted by molar-refractivity contribution is 14.1. The molecule has 0 spiro atoms. The van der Waals surface area contributed by atoms with E-state index in [0.717, 1.165) is 0 Å². The van der Waals surface area contributed by atoms with Crippen LogP contribution in [0.3, 0.4) is 0 Å². The molecule has 2 aliphatic rings. The lowest BCUT2D eigenvalue weighted by molar-refractivity contribution is -0.0327. The van der Waals surface area contributed by atoms with Gasteiger partial charge in [-0.1, -0.05) is 0 Å². The molecule has 0 radical (unpaired) electrons. The lowest BCUT2D eigenvalue weighted by Crippen LogP contribution is -2.31. The summed E-state index contributed by atoms with van der Waals surface area (Å²) in [6, 6.07) is 4.60. The van der Waals surface area contributed by atoms with Gasteiger partial charge >= 0.3 is 0 Å². The van der Waals surface area contributed by atoms with Crippen LogP contribution in [0.2, 0.25) is 0 Å². The van der Waals surface area contributed by atoms with Gasteiger partial charge in [-0.15, -0.1) is 0 Å². The molecule has 8 nitrogen and oxygen atoms in total.